The lowest BCUT2D eigenvalue weighted by molar-refractivity contribution is -0.137. The highest BCUT2D eigenvalue weighted by molar-refractivity contribution is 5.91. The molecular formula is C28H28F2N4O2. The first-order chi connectivity index (χ1) is 17.5. The molecule has 2 aliphatic heterocycles. The number of hydrogen-bond acceptors (Lipinski definition) is 2. The van der Waals surface area contributed by atoms with Gasteiger partial charge in [0.15, 0.2) is 0 Å². The molecule has 2 aliphatic rings. The van der Waals surface area contributed by atoms with Crippen molar-refractivity contribution in [1.82, 2.24) is 19.8 Å². The Hall–Kier alpha value is -3.68. The highest BCUT2D eigenvalue weighted by Gasteiger charge is 2.44. The second-order valence-corrected chi connectivity index (χ2v) is 9.99. The maximum absolute atomic E-state index is 13.3. The summed E-state index contributed by atoms with van der Waals surface area (Å²) >= 11 is 0. The molecule has 2 fully saturated rings. The van der Waals surface area contributed by atoms with E-state index in [1.807, 2.05) is 29.2 Å². The third-order valence-electron chi connectivity index (χ3n) is 8.06. The number of likely N-dealkylation sites (tertiary alicyclic amines) is 2. The largest absolute Gasteiger partial charge is 0.361 e. The van der Waals surface area contributed by atoms with E-state index >= 15 is 0 Å². The number of aromatic nitrogens is 2. The summed E-state index contributed by atoms with van der Waals surface area (Å²) in [4.78, 5) is 35.3. The number of H-pyrrole nitrogens is 2. The minimum Gasteiger partial charge on any atom is -0.361 e. The van der Waals surface area contributed by atoms with Crippen LogP contribution in [0.4, 0.5) is 8.78 Å². The van der Waals surface area contributed by atoms with Crippen molar-refractivity contribution in [2.24, 2.45) is 5.92 Å². The molecule has 2 amide bonds. The van der Waals surface area contributed by atoms with Crippen molar-refractivity contribution in [3.05, 3.63) is 72.1 Å². The van der Waals surface area contributed by atoms with Crippen molar-refractivity contribution >= 4 is 33.6 Å². The van der Waals surface area contributed by atoms with Gasteiger partial charge in [-0.25, -0.2) is 8.78 Å². The zero-order chi connectivity index (χ0) is 24.9. The number of nitrogens with one attached hydrogen (secondary N) is 2. The van der Waals surface area contributed by atoms with Crippen molar-refractivity contribution in [2.45, 2.75) is 31.1 Å². The van der Waals surface area contributed by atoms with Gasteiger partial charge in [0.1, 0.15) is 0 Å². The number of nitrogens with zero attached hydrogens (tertiary/aromatic N) is 2. The molecular weight excluding hydrogens is 462 g/mol. The van der Waals surface area contributed by atoms with Crippen LogP contribution < -0.4 is 0 Å². The molecule has 2 saturated heterocycles. The number of hydrogen-bond donors (Lipinski definition) is 2. The van der Waals surface area contributed by atoms with Crippen LogP contribution in [0.2, 0.25) is 0 Å². The molecule has 186 valence electrons. The van der Waals surface area contributed by atoms with Crippen LogP contribution in [-0.4, -0.2) is 64.2 Å². The molecule has 0 radical (unpaired) electrons. The molecule has 1 atom stereocenters. The van der Waals surface area contributed by atoms with Crippen LogP contribution >= 0.6 is 0 Å². The number of alkyl halides is 2. The van der Waals surface area contributed by atoms with E-state index in [-0.39, 0.29) is 30.2 Å². The van der Waals surface area contributed by atoms with Crippen LogP contribution in [0.25, 0.3) is 21.8 Å². The summed E-state index contributed by atoms with van der Waals surface area (Å²) in [5, 5.41) is 2.35. The molecule has 0 bridgehead atoms. The lowest BCUT2D eigenvalue weighted by Gasteiger charge is -2.43. The average molecular weight is 491 g/mol. The fourth-order valence-electron chi connectivity index (χ4n) is 6.27. The summed E-state index contributed by atoms with van der Waals surface area (Å²) in [6.07, 6.45) is 3.07. The molecule has 0 saturated carbocycles. The van der Waals surface area contributed by atoms with Gasteiger partial charge in [0, 0.05) is 65.7 Å². The Balaban J connectivity index is 1.31. The topological polar surface area (TPSA) is 72.2 Å². The van der Waals surface area contributed by atoms with E-state index in [0.29, 0.717) is 13.1 Å². The molecule has 2 N–H and O–H groups in total. The molecule has 0 unspecified atom stereocenters. The SMILES string of the molecule is O=C1C[C@H](C(=O)N2CCC(c3c[nH]c4ccccc34)(c3c[nH]c4ccccc34)CC2)CN1CC(F)F. The number of carbonyl (C=O) groups excluding carboxylic acids is 2. The minimum absolute atomic E-state index is 0.0120. The van der Waals surface area contributed by atoms with Crippen LogP contribution in [0.15, 0.2) is 60.9 Å². The number of aromatic amines is 2. The maximum atomic E-state index is 13.3. The van der Waals surface area contributed by atoms with Crippen molar-refractivity contribution in [3.63, 3.8) is 0 Å². The van der Waals surface area contributed by atoms with Crippen molar-refractivity contribution in [3.8, 4) is 0 Å². The third-order valence-corrected chi connectivity index (χ3v) is 8.06. The van der Waals surface area contributed by atoms with E-state index in [4.69, 9.17) is 0 Å². The predicted octanol–water partition coefficient (Wildman–Crippen LogP) is 4.67. The van der Waals surface area contributed by atoms with Gasteiger partial charge in [-0.2, -0.15) is 0 Å². The van der Waals surface area contributed by atoms with Gasteiger partial charge in [0.05, 0.1) is 12.5 Å². The lowest BCUT2D eigenvalue weighted by Crippen LogP contribution is -2.48. The predicted molar refractivity (Wildman–Crippen MR) is 134 cm³/mol. The van der Waals surface area contributed by atoms with E-state index < -0.39 is 18.9 Å². The van der Waals surface area contributed by atoms with Crippen LogP contribution in [0.3, 0.4) is 0 Å². The van der Waals surface area contributed by atoms with Gasteiger partial charge in [-0.05, 0) is 36.1 Å². The normalized spacial score (nSPS) is 20.2. The van der Waals surface area contributed by atoms with Gasteiger partial charge < -0.3 is 19.8 Å². The Labute approximate surface area is 207 Å². The van der Waals surface area contributed by atoms with E-state index in [1.54, 1.807) is 0 Å². The van der Waals surface area contributed by atoms with Crippen molar-refractivity contribution in [2.75, 3.05) is 26.2 Å². The number of para-hydroxylation sites is 2. The standard InChI is InChI=1S/C28H28F2N4O2/c29-25(30)17-34-16-18(13-26(34)35)27(36)33-11-9-28(10-12-33,21-14-31-23-7-3-1-5-19(21)23)22-15-32-24-8-4-2-6-20(22)24/h1-8,14-15,18,25,31-32H,9-13,16-17H2/t18-/m0/s1. The Kier molecular flexibility index (Phi) is 5.54. The third kappa shape index (κ3) is 3.67. The molecule has 8 heteroatoms. The molecule has 4 heterocycles. The minimum atomic E-state index is -2.59. The Morgan fingerprint density at radius 2 is 1.50 bits per heavy atom. The summed E-state index contributed by atoms with van der Waals surface area (Å²) in [5.74, 6) is -1.02. The highest BCUT2D eigenvalue weighted by Crippen LogP contribution is 2.47. The summed E-state index contributed by atoms with van der Waals surface area (Å²) in [6.45, 7) is 0.552. The maximum Gasteiger partial charge on any atom is 0.255 e. The monoisotopic (exact) mass is 490 g/mol. The number of amides is 2. The molecule has 6 rings (SSSR count). The zero-order valence-electron chi connectivity index (χ0n) is 19.8. The summed E-state index contributed by atoms with van der Waals surface area (Å²) < 4.78 is 25.7. The van der Waals surface area contributed by atoms with Crippen molar-refractivity contribution < 1.29 is 18.4 Å². The van der Waals surface area contributed by atoms with E-state index in [9.17, 15) is 18.4 Å². The summed E-state index contributed by atoms with van der Waals surface area (Å²) in [7, 11) is 0. The zero-order valence-corrected chi connectivity index (χ0v) is 19.8. The Morgan fingerprint density at radius 1 is 0.944 bits per heavy atom. The lowest BCUT2D eigenvalue weighted by atomic mass is 9.67. The van der Waals surface area contributed by atoms with Crippen LogP contribution in [-0.2, 0) is 15.0 Å². The summed E-state index contributed by atoms with van der Waals surface area (Å²) in [5.41, 5.74) is 4.29. The molecule has 0 spiro atoms. The van der Waals surface area contributed by atoms with Gasteiger partial charge in [-0.1, -0.05) is 36.4 Å². The highest BCUT2D eigenvalue weighted by atomic mass is 19.3. The fourth-order valence-corrected chi connectivity index (χ4v) is 6.27. The van der Waals surface area contributed by atoms with Crippen molar-refractivity contribution in [1.29, 1.82) is 0 Å². The number of carbonyl (C=O) groups is 2. The van der Waals surface area contributed by atoms with E-state index in [2.05, 4.69) is 46.6 Å². The van der Waals surface area contributed by atoms with Gasteiger partial charge in [-0.3, -0.25) is 9.59 Å². The Morgan fingerprint density at radius 3 is 2.06 bits per heavy atom. The Bertz CT molecular complexity index is 1360. The first-order valence-electron chi connectivity index (χ1n) is 12.4. The summed E-state index contributed by atoms with van der Waals surface area (Å²) in [6, 6.07) is 16.5. The number of rotatable bonds is 5. The molecule has 4 aromatic rings. The van der Waals surface area contributed by atoms with Gasteiger partial charge in [0.2, 0.25) is 11.8 Å². The molecule has 36 heavy (non-hydrogen) atoms. The van der Waals surface area contributed by atoms with E-state index in [1.165, 1.54) is 21.9 Å². The van der Waals surface area contributed by atoms with Gasteiger partial charge in [0.25, 0.3) is 6.43 Å². The number of benzene rings is 2. The smallest absolute Gasteiger partial charge is 0.255 e. The van der Waals surface area contributed by atoms with Gasteiger partial charge in [-0.15, -0.1) is 0 Å². The molecule has 6 nitrogen and oxygen atoms in total. The molecule has 2 aromatic heterocycles. The van der Waals surface area contributed by atoms with E-state index in [0.717, 1.165) is 28.8 Å². The number of fused-ring (bicyclic) bond motifs is 2. The number of halogens is 2. The van der Waals surface area contributed by atoms with Crippen LogP contribution in [0.5, 0.6) is 0 Å². The van der Waals surface area contributed by atoms with Gasteiger partial charge >= 0.3 is 0 Å². The quantitative estimate of drug-likeness (QED) is 0.427. The number of piperidine rings is 1. The molecule has 2 aromatic carbocycles. The second kappa shape index (κ2) is 8.76. The first-order valence-corrected chi connectivity index (χ1v) is 12.4. The average Bonchev–Trinajstić information content (AvgIpc) is 3.61. The second-order valence-electron chi connectivity index (χ2n) is 9.99. The van der Waals surface area contributed by atoms with Crippen LogP contribution in [0, 0.1) is 5.92 Å². The fraction of sp³-hybridized carbons (Fsp3) is 0.357. The molecule has 0 aliphatic carbocycles. The van der Waals surface area contributed by atoms with Crippen LogP contribution in [0.1, 0.15) is 30.4 Å². The first kappa shape index (κ1) is 22.8.